The van der Waals surface area contributed by atoms with Gasteiger partial charge in [-0.25, -0.2) is 8.42 Å². The minimum atomic E-state index is -3.84. The number of hydrogen-bond acceptors (Lipinski definition) is 6. The fourth-order valence-corrected chi connectivity index (χ4v) is 5.87. The van der Waals surface area contributed by atoms with Gasteiger partial charge in [0.05, 0.1) is 19.1 Å². The lowest BCUT2D eigenvalue weighted by molar-refractivity contribution is -0.137. The molecule has 1 aliphatic heterocycles. The minimum Gasteiger partial charge on any atom is -0.493 e. The third-order valence-corrected chi connectivity index (χ3v) is 7.99. The molecule has 10 heteroatoms. The molecule has 2 rings (SSSR count). The van der Waals surface area contributed by atoms with Gasteiger partial charge >= 0.3 is 5.97 Å². The van der Waals surface area contributed by atoms with E-state index < -0.39 is 22.0 Å². The summed E-state index contributed by atoms with van der Waals surface area (Å²) < 4.78 is 38.1. The van der Waals surface area contributed by atoms with Crippen LogP contribution in [0, 0.1) is 0 Å². The van der Waals surface area contributed by atoms with E-state index in [1.165, 1.54) is 30.7 Å². The lowest BCUT2D eigenvalue weighted by Crippen LogP contribution is -2.46. The average Bonchev–Trinajstić information content (AvgIpc) is 3.32. The number of amides is 1. The molecule has 1 aromatic rings. The number of nitrogens with one attached hydrogen (secondary N) is 1. The number of hydrogen-bond donors (Lipinski definition) is 2. The number of benzene rings is 1. The van der Waals surface area contributed by atoms with E-state index >= 15 is 0 Å². The van der Waals surface area contributed by atoms with Gasteiger partial charge in [-0.05, 0) is 37.8 Å². The average molecular weight is 499 g/mol. The maximum Gasteiger partial charge on any atom is 0.303 e. The Bertz CT molecular complexity index is 905. The largest absolute Gasteiger partial charge is 0.493 e. The molecule has 1 aromatic carbocycles. The number of carboxylic acid groups (broad SMARTS) is 1. The summed E-state index contributed by atoms with van der Waals surface area (Å²) in [7, 11) is -0.912. The Balaban J connectivity index is 1.75. The van der Waals surface area contributed by atoms with E-state index in [4.69, 9.17) is 14.6 Å². The van der Waals surface area contributed by atoms with Crippen molar-refractivity contribution < 1.29 is 32.6 Å². The van der Waals surface area contributed by atoms with Crippen LogP contribution in [-0.4, -0.2) is 63.1 Å². The lowest BCUT2D eigenvalue weighted by Gasteiger charge is -2.24. The van der Waals surface area contributed by atoms with Crippen molar-refractivity contribution in [3.63, 3.8) is 0 Å². The van der Waals surface area contributed by atoms with Gasteiger partial charge in [0.25, 0.3) is 0 Å². The van der Waals surface area contributed by atoms with Crippen LogP contribution in [0.2, 0.25) is 0 Å². The fraction of sp³-hybridized carbons (Fsp3) is 0.667. The predicted molar refractivity (Wildman–Crippen MR) is 129 cm³/mol. The molecule has 0 saturated carbocycles. The third kappa shape index (κ3) is 8.16. The Morgan fingerprint density at radius 3 is 2.24 bits per heavy atom. The monoisotopic (exact) mass is 498 g/mol. The Kier molecular flexibility index (Phi) is 11.6. The predicted octanol–water partition coefficient (Wildman–Crippen LogP) is 3.57. The van der Waals surface area contributed by atoms with Gasteiger partial charge in [-0.15, -0.1) is 0 Å². The van der Waals surface area contributed by atoms with Crippen LogP contribution in [-0.2, 0) is 19.6 Å². The summed E-state index contributed by atoms with van der Waals surface area (Å²) in [6.45, 7) is 0.833. The number of carbonyl (C=O) groups is 2. The van der Waals surface area contributed by atoms with Gasteiger partial charge in [0, 0.05) is 25.6 Å². The number of methoxy groups -OCH3 is 2. The topological polar surface area (TPSA) is 122 Å². The van der Waals surface area contributed by atoms with Crippen LogP contribution in [0.4, 0.5) is 0 Å². The zero-order valence-corrected chi connectivity index (χ0v) is 21.1. The van der Waals surface area contributed by atoms with E-state index in [1.54, 1.807) is 6.07 Å². The van der Waals surface area contributed by atoms with Crippen molar-refractivity contribution >= 4 is 21.9 Å². The number of nitrogens with zero attached hydrogens (tertiary/aromatic N) is 1. The van der Waals surface area contributed by atoms with Gasteiger partial charge in [0.15, 0.2) is 11.5 Å². The van der Waals surface area contributed by atoms with Crippen LogP contribution in [0.5, 0.6) is 11.5 Å². The number of aliphatic carboxylic acids is 1. The summed E-state index contributed by atoms with van der Waals surface area (Å²) in [6, 6.07) is 3.74. The molecule has 192 valence electrons. The van der Waals surface area contributed by atoms with E-state index in [0.29, 0.717) is 37.4 Å². The first-order chi connectivity index (χ1) is 16.3. The van der Waals surface area contributed by atoms with Crippen LogP contribution in [0.15, 0.2) is 23.1 Å². The summed E-state index contributed by atoms with van der Waals surface area (Å²) in [5.41, 5.74) is 0. The first-order valence-corrected chi connectivity index (χ1v) is 13.5. The molecule has 0 spiro atoms. The van der Waals surface area contributed by atoms with Gasteiger partial charge in [0.1, 0.15) is 6.04 Å². The Morgan fingerprint density at radius 2 is 1.62 bits per heavy atom. The summed E-state index contributed by atoms with van der Waals surface area (Å²) in [4.78, 5) is 23.3. The van der Waals surface area contributed by atoms with Crippen molar-refractivity contribution in [1.82, 2.24) is 9.62 Å². The molecule has 1 heterocycles. The first-order valence-electron chi connectivity index (χ1n) is 12.0. The standard InChI is InChI=1S/C24H38N2O7S/c1-32-21-15-14-19(18-22(21)33-2)34(30,31)26-17-11-12-20(26)24(29)25-16-10-8-6-4-3-5-7-9-13-23(27)28/h14-15,18,20H,3-13,16-17H2,1-2H3,(H,25,29)(H,27,28). The van der Waals surface area contributed by atoms with Crippen LogP contribution >= 0.6 is 0 Å². The van der Waals surface area contributed by atoms with Gasteiger partial charge in [-0.3, -0.25) is 9.59 Å². The van der Waals surface area contributed by atoms with Crippen LogP contribution < -0.4 is 14.8 Å². The van der Waals surface area contributed by atoms with Crippen molar-refractivity contribution in [2.75, 3.05) is 27.3 Å². The van der Waals surface area contributed by atoms with Crippen LogP contribution in [0.3, 0.4) is 0 Å². The highest BCUT2D eigenvalue weighted by atomic mass is 32.2. The van der Waals surface area contributed by atoms with E-state index in [2.05, 4.69) is 5.32 Å². The zero-order chi connectivity index (χ0) is 25.0. The van der Waals surface area contributed by atoms with Crippen molar-refractivity contribution in [1.29, 1.82) is 0 Å². The zero-order valence-electron chi connectivity index (χ0n) is 20.3. The highest BCUT2D eigenvalue weighted by molar-refractivity contribution is 7.89. The second-order valence-corrected chi connectivity index (χ2v) is 10.4. The van der Waals surface area contributed by atoms with Crippen molar-refractivity contribution in [2.45, 2.75) is 81.6 Å². The number of unbranched alkanes of at least 4 members (excludes halogenated alkanes) is 7. The molecule has 1 atom stereocenters. The van der Waals surface area contributed by atoms with Crippen LogP contribution in [0.1, 0.15) is 70.6 Å². The molecule has 0 radical (unpaired) electrons. The number of ether oxygens (including phenoxy) is 2. The van der Waals surface area contributed by atoms with Gasteiger partial charge in [0.2, 0.25) is 15.9 Å². The SMILES string of the molecule is COc1ccc(S(=O)(=O)N2CCCC2C(=O)NCCCCCCCCCCC(=O)O)cc1OC. The number of sulfonamides is 1. The normalized spacial score (nSPS) is 16.4. The molecule has 1 amide bonds. The van der Waals surface area contributed by atoms with Crippen molar-refractivity contribution in [2.24, 2.45) is 0 Å². The molecule has 9 nitrogen and oxygen atoms in total. The molecule has 1 unspecified atom stereocenters. The summed E-state index contributed by atoms with van der Waals surface area (Å²) in [5.74, 6) is -0.222. The van der Waals surface area contributed by atoms with Gasteiger partial charge < -0.3 is 19.9 Å². The smallest absolute Gasteiger partial charge is 0.303 e. The van der Waals surface area contributed by atoms with Crippen molar-refractivity contribution in [3.8, 4) is 11.5 Å². The highest BCUT2D eigenvalue weighted by Gasteiger charge is 2.39. The second-order valence-electron chi connectivity index (χ2n) is 8.55. The third-order valence-electron chi connectivity index (χ3n) is 6.08. The molecular formula is C24H38N2O7S. The summed E-state index contributed by atoms with van der Waals surface area (Å²) >= 11 is 0. The summed E-state index contributed by atoms with van der Waals surface area (Å²) in [5, 5.41) is 11.5. The molecule has 1 aliphatic rings. The number of carbonyl (C=O) groups excluding carboxylic acids is 1. The maximum absolute atomic E-state index is 13.2. The van der Waals surface area contributed by atoms with Gasteiger partial charge in [-0.2, -0.15) is 4.31 Å². The van der Waals surface area contributed by atoms with E-state index in [0.717, 1.165) is 51.4 Å². The number of rotatable bonds is 16. The molecule has 0 aliphatic carbocycles. The molecule has 0 bridgehead atoms. The van der Waals surface area contributed by atoms with Crippen LogP contribution in [0.25, 0.3) is 0 Å². The quantitative estimate of drug-likeness (QED) is 0.334. The van der Waals surface area contributed by atoms with E-state index in [-0.39, 0.29) is 17.2 Å². The highest BCUT2D eigenvalue weighted by Crippen LogP contribution is 2.33. The lowest BCUT2D eigenvalue weighted by atomic mass is 10.1. The molecule has 2 N–H and O–H groups in total. The second kappa shape index (κ2) is 14.2. The summed E-state index contributed by atoms with van der Waals surface area (Å²) in [6.07, 6.45) is 9.22. The molecule has 1 saturated heterocycles. The first kappa shape index (κ1) is 27.9. The Hall–Kier alpha value is -2.33. The molecule has 1 fully saturated rings. The number of carboxylic acids is 1. The van der Waals surface area contributed by atoms with E-state index in [1.807, 2.05) is 0 Å². The van der Waals surface area contributed by atoms with Gasteiger partial charge in [-0.1, -0.05) is 38.5 Å². The van der Waals surface area contributed by atoms with E-state index in [9.17, 15) is 18.0 Å². The molecular weight excluding hydrogens is 460 g/mol. The Morgan fingerprint density at radius 1 is 1.00 bits per heavy atom. The molecule has 34 heavy (non-hydrogen) atoms. The Labute approximate surface area is 202 Å². The minimum absolute atomic E-state index is 0.0767. The maximum atomic E-state index is 13.2. The van der Waals surface area contributed by atoms with Crippen molar-refractivity contribution in [3.05, 3.63) is 18.2 Å². The molecule has 0 aromatic heterocycles. The fourth-order valence-electron chi connectivity index (χ4n) is 4.19.